The minimum Gasteiger partial charge on any atom is -0.365 e. The van der Waals surface area contributed by atoms with Gasteiger partial charge in [-0.2, -0.15) is 0 Å². The fourth-order valence-corrected chi connectivity index (χ4v) is 4.26. The molecule has 0 atom stereocenters. The van der Waals surface area contributed by atoms with Gasteiger partial charge < -0.3 is 20.9 Å². The molecule has 0 saturated carbocycles. The lowest BCUT2D eigenvalue weighted by Gasteiger charge is -2.36. The second-order valence-corrected chi connectivity index (χ2v) is 7.99. The summed E-state index contributed by atoms with van der Waals surface area (Å²) in [5.41, 5.74) is 9.28. The zero-order chi connectivity index (χ0) is 21.8. The Morgan fingerprint density at radius 3 is 2.55 bits per heavy atom. The van der Waals surface area contributed by atoms with Crippen molar-refractivity contribution in [2.75, 3.05) is 36.4 Å². The highest BCUT2D eigenvalue weighted by Gasteiger charge is 2.24. The van der Waals surface area contributed by atoms with Gasteiger partial charge in [0, 0.05) is 50.9 Å². The number of rotatable bonds is 6. The fourth-order valence-electron chi connectivity index (χ4n) is 4.26. The largest absolute Gasteiger partial charge is 0.365 e. The summed E-state index contributed by atoms with van der Waals surface area (Å²) < 4.78 is 0. The van der Waals surface area contributed by atoms with E-state index in [1.165, 1.54) is 17.5 Å². The Labute approximate surface area is 181 Å². The maximum absolute atomic E-state index is 12.6. The molecule has 1 aliphatic carbocycles. The number of carbonyl (C=O) groups is 3. The maximum Gasteiger partial charge on any atom is 0.252 e. The summed E-state index contributed by atoms with van der Waals surface area (Å²) >= 11 is 0. The lowest BCUT2D eigenvalue weighted by Crippen LogP contribution is -2.49. The van der Waals surface area contributed by atoms with E-state index >= 15 is 0 Å². The van der Waals surface area contributed by atoms with Crippen molar-refractivity contribution in [2.24, 2.45) is 5.73 Å². The normalized spacial score (nSPS) is 15.5. The van der Waals surface area contributed by atoms with Crippen molar-refractivity contribution in [1.82, 2.24) is 9.88 Å². The number of aromatic nitrogens is 1. The molecule has 162 valence electrons. The highest BCUT2D eigenvalue weighted by Crippen LogP contribution is 2.25. The van der Waals surface area contributed by atoms with Crippen LogP contribution in [-0.4, -0.2) is 53.8 Å². The summed E-state index contributed by atoms with van der Waals surface area (Å²) in [6.45, 7) is 2.15. The molecule has 0 unspecified atom stereocenters. The van der Waals surface area contributed by atoms with Crippen molar-refractivity contribution >= 4 is 29.2 Å². The van der Waals surface area contributed by atoms with Crippen molar-refractivity contribution in [3.8, 4) is 0 Å². The van der Waals surface area contributed by atoms with Crippen LogP contribution >= 0.6 is 0 Å². The van der Waals surface area contributed by atoms with Crippen molar-refractivity contribution in [3.63, 3.8) is 0 Å². The van der Waals surface area contributed by atoms with Gasteiger partial charge in [0.15, 0.2) is 0 Å². The van der Waals surface area contributed by atoms with Crippen molar-refractivity contribution in [2.45, 2.75) is 32.1 Å². The van der Waals surface area contributed by atoms with Crippen LogP contribution in [0.4, 0.5) is 11.5 Å². The molecule has 4 rings (SSSR count). The van der Waals surface area contributed by atoms with Crippen LogP contribution in [0, 0.1) is 0 Å². The van der Waals surface area contributed by atoms with Gasteiger partial charge in [0.05, 0.1) is 5.56 Å². The standard InChI is InChI=1S/C23H27N5O3/c24-22(31)19-5-2-10-25-23(19)28-13-11-27(12-14-28)21(30)9-8-20(29)26-18-7-6-16-3-1-4-17(16)15-18/h2,5-7,10,15H,1,3-4,8-9,11-14H2,(H2,24,31)(H,26,29). The number of anilines is 2. The van der Waals surface area contributed by atoms with E-state index in [-0.39, 0.29) is 24.7 Å². The van der Waals surface area contributed by atoms with Crippen LogP contribution in [0.2, 0.25) is 0 Å². The van der Waals surface area contributed by atoms with E-state index in [9.17, 15) is 14.4 Å². The topological polar surface area (TPSA) is 109 Å². The predicted molar refractivity (Wildman–Crippen MR) is 118 cm³/mol. The van der Waals surface area contributed by atoms with Crippen LogP contribution in [0.1, 0.15) is 40.7 Å². The summed E-state index contributed by atoms with van der Waals surface area (Å²) in [6, 6.07) is 9.38. The van der Waals surface area contributed by atoms with E-state index in [0.29, 0.717) is 37.6 Å². The SMILES string of the molecule is NC(=O)c1cccnc1N1CCN(C(=O)CCC(=O)Nc2ccc3c(c2)CCC3)CC1. The maximum atomic E-state index is 12.6. The zero-order valence-electron chi connectivity index (χ0n) is 17.5. The van der Waals surface area contributed by atoms with Crippen LogP contribution in [0.5, 0.6) is 0 Å². The highest BCUT2D eigenvalue weighted by molar-refractivity contribution is 5.97. The van der Waals surface area contributed by atoms with Crippen molar-refractivity contribution in [1.29, 1.82) is 0 Å². The van der Waals surface area contributed by atoms with Crippen LogP contribution in [0.25, 0.3) is 0 Å². The predicted octanol–water partition coefficient (Wildman–Crippen LogP) is 1.74. The van der Waals surface area contributed by atoms with Gasteiger partial charge in [-0.25, -0.2) is 4.98 Å². The Balaban J connectivity index is 1.25. The van der Waals surface area contributed by atoms with E-state index in [4.69, 9.17) is 5.73 Å². The van der Waals surface area contributed by atoms with Crippen molar-refractivity contribution < 1.29 is 14.4 Å². The second kappa shape index (κ2) is 9.16. The second-order valence-electron chi connectivity index (χ2n) is 7.99. The molecule has 3 N–H and O–H groups in total. The molecule has 1 fully saturated rings. The number of benzene rings is 1. The average Bonchev–Trinajstić information content (AvgIpc) is 3.25. The number of primary amides is 1. The first-order chi connectivity index (χ1) is 15.0. The Hall–Kier alpha value is -3.42. The number of fused-ring (bicyclic) bond motifs is 1. The molecule has 8 heteroatoms. The van der Waals surface area contributed by atoms with Gasteiger partial charge in [-0.3, -0.25) is 14.4 Å². The van der Waals surface area contributed by atoms with Crippen LogP contribution < -0.4 is 16.0 Å². The molecule has 31 heavy (non-hydrogen) atoms. The van der Waals surface area contributed by atoms with E-state index in [2.05, 4.69) is 16.4 Å². The number of piperazine rings is 1. The molecule has 1 saturated heterocycles. The molecule has 2 aliphatic rings. The lowest BCUT2D eigenvalue weighted by atomic mass is 10.1. The number of hydrogen-bond donors (Lipinski definition) is 2. The first kappa shape index (κ1) is 20.8. The number of nitrogens with two attached hydrogens (primary N) is 1. The van der Waals surface area contributed by atoms with Crippen LogP contribution in [0.3, 0.4) is 0 Å². The summed E-state index contributed by atoms with van der Waals surface area (Å²) in [5.74, 6) is -0.156. The van der Waals surface area contributed by atoms with Crippen LogP contribution in [-0.2, 0) is 22.4 Å². The third-order valence-corrected chi connectivity index (χ3v) is 5.93. The molecular weight excluding hydrogens is 394 g/mol. The van der Waals surface area contributed by atoms with Gasteiger partial charge in [0.1, 0.15) is 5.82 Å². The smallest absolute Gasteiger partial charge is 0.252 e. The molecule has 2 aromatic rings. The van der Waals surface area contributed by atoms with Gasteiger partial charge in [-0.15, -0.1) is 0 Å². The molecule has 3 amide bonds. The van der Waals surface area contributed by atoms with E-state index < -0.39 is 5.91 Å². The number of hydrogen-bond acceptors (Lipinski definition) is 5. The fraction of sp³-hybridized carbons (Fsp3) is 0.391. The monoisotopic (exact) mass is 421 g/mol. The van der Waals surface area contributed by atoms with Gasteiger partial charge >= 0.3 is 0 Å². The Bertz CT molecular complexity index is 998. The summed E-state index contributed by atoms with van der Waals surface area (Å²) in [5, 5.41) is 2.91. The third kappa shape index (κ3) is 4.84. The minimum atomic E-state index is -0.518. The quantitative estimate of drug-likeness (QED) is 0.739. The molecular formula is C23H27N5O3. The molecule has 0 bridgehead atoms. The third-order valence-electron chi connectivity index (χ3n) is 5.93. The number of amides is 3. The van der Waals surface area contributed by atoms with E-state index in [1.807, 2.05) is 17.0 Å². The van der Waals surface area contributed by atoms with Gasteiger partial charge in [0.25, 0.3) is 5.91 Å². The molecule has 2 heterocycles. The van der Waals surface area contributed by atoms with Gasteiger partial charge in [-0.05, 0) is 54.7 Å². The molecule has 0 spiro atoms. The Morgan fingerprint density at radius 1 is 1.00 bits per heavy atom. The van der Waals surface area contributed by atoms with Gasteiger partial charge in [0.2, 0.25) is 11.8 Å². The van der Waals surface area contributed by atoms with Crippen molar-refractivity contribution in [3.05, 3.63) is 53.2 Å². The highest BCUT2D eigenvalue weighted by atomic mass is 16.2. The number of carbonyl (C=O) groups excluding carboxylic acids is 3. The number of aryl methyl sites for hydroxylation is 2. The van der Waals surface area contributed by atoms with Crippen LogP contribution in [0.15, 0.2) is 36.5 Å². The Morgan fingerprint density at radius 2 is 1.77 bits per heavy atom. The van der Waals surface area contributed by atoms with E-state index in [1.54, 1.807) is 23.2 Å². The average molecular weight is 422 g/mol. The first-order valence-corrected chi connectivity index (χ1v) is 10.7. The number of nitrogens with one attached hydrogen (secondary N) is 1. The molecule has 0 radical (unpaired) electrons. The summed E-state index contributed by atoms with van der Waals surface area (Å²) in [6.07, 6.45) is 5.28. The molecule has 1 aliphatic heterocycles. The molecule has 1 aromatic carbocycles. The lowest BCUT2D eigenvalue weighted by molar-refractivity contribution is -0.133. The number of pyridine rings is 1. The Kier molecular flexibility index (Phi) is 6.16. The first-order valence-electron chi connectivity index (χ1n) is 10.7. The van der Waals surface area contributed by atoms with Gasteiger partial charge in [-0.1, -0.05) is 6.07 Å². The summed E-state index contributed by atoms with van der Waals surface area (Å²) in [4.78, 5) is 44.5. The molecule has 1 aromatic heterocycles. The molecule has 8 nitrogen and oxygen atoms in total. The zero-order valence-corrected chi connectivity index (χ0v) is 17.5. The summed E-state index contributed by atoms with van der Waals surface area (Å²) in [7, 11) is 0. The number of nitrogens with zero attached hydrogens (tertiary/aromatic N) is 3. The minimum absolute atomic E-state index is 0.0418. The van der Waals surface area contributed by atoms with E-state index in [0.717, 1.165) is 18.5 Å².